The Labute approximate surface area is 87.3 Å². The molecule has 0 amide bonds. The third-order valence-corrected chi connectivity index (χ3v) is 2.38. The van der Waals surface area contributed by atoms with Crippen LogP contribution in [-0.4, -0.2) is 23.8 Å². The highest BCUT2D eigenvalue weighted by Gasteiger charge is 2.31. The van der Waals surface area contributed by atoms with Crippen molar-refractivity contribution in [2.24, 2.45) is 5.92 Å². The summed E-state index contributed by atoms with van der Waals surface area (Å²) in [5.74, 6) is -0.298. The fourth-order valence-electron chi connectivity index (χ4n) is 1.36. The predicted molar refractivity (Wildman–Crippen MR) is 52.6 cm³/mol. The molecule has 1 heterocycles. The first-order valence-electron chi connectivity index (χ1n) is 4.81. The number of Topliss-reactive ketones (excluding diaryl/α,β-unsaturated/α-hetero) is 1. The van der Waals surface area contributed by atoms with Gasteiger partial charge >= 0.3 is 5.97 Å². The highest BCUT2D eigenvalue weighted by atomic mass is 16.5. The van der Waals surface area contributed by atoms with E-state index in [4.69, 9.17) is 0 Å². The molecule has 4 heteroatoms. The molecule has 4 nitrogen and oxygen atoms in total. The molecule has 0 spiro atoms. The van der Waals surface area contributed by atoms with Crippen LogP contribution < -0.4 is 0 Å². The van der Waals surface area contributed by atoms with E-state index >= 15 is 0 Å². The van der Waals surface area contributed by atoms with Crippen molar-refractivity contribution < 1.29 is 14.3 Å². The minimum absolute atomic E-state index is 0.0285. The maximum atomic E-state index is 11.7. The standard InChI is InChI=1S/C11H11NO3/c1-15-11(14)8-4-5-12-9(6-8)10(13)7-2-3-7/h4-7H,2-3H2,1H3. The number of rotatable bonds is 3. The van der Waals surface area contributed by atoms with E-state index in [1.54, 1.807) is 0 Å². The molecule has 1 aliphatic carbocycles. The van der Waals surface area contributed by atoms with Gasteiger partial charge in [-0.25, -0.2) is 4.79 Å². The van der Waals surface area contributed by atoms with Crippen LogP contribution in [0.5, 0.6) is 0 Å². The van der Waals surface area contributed by atoms with Crippen LogP contribution >= 0.6 is 0 Å². The van der Waals surface area contributed by atoms with Crippen molar-refractivity contribution in [2.75, 3.05) is 7.11 Å². The van der Waals surface area contributed by atoms with E-state index in [1.807, 2.05) is 0 Å². The zero-order valence-corrected chi connectivity index (χ0v) is 8.40. The average molecular weight is 205 g/mol. The second kappa shape index (κ2) is 3.81. The van der Waals surface area contributed by atoms with Gasteiger partial charge in [0, 0.05) is 12.1 Å². The van der Waals surface area contributed by atoms with Crippen molar-refractivity contribution in [1.29, 1.82) is 0 Å². The number of carbonyl (C=O) groups excluding carboxylic acids is 2. The summed E-state index contributed by atoms with van der Waals surface area (Å²) in [6, 6.07) is 3.03. The van der Waals surface area contributed by atoms with Crippen LogP contribution in [0.15, 0.2) is 18.3 Å². The molecule has 1 saturated carbocycles. The molecule has 0 unspecified atom stereocenters. The lowest BCUT2D eigenvalue weighted by atomic mass is 10.1. The van der Waals surface area contributed by atoms with Crippen molar-refractivity contribution in [3.63, 3.8) is 0 Å². The maximum absolute atomic E-state index is 11.7. The van der Waals surface area contributed by atoms with Gasteiger partial charge in [0.25, 0.3) is 0 Å². The molecule has 2 rings (SSSR count). The van der Waals surface area contributed by atoms with Gasteiger partial charge in [-0.2, -0.15) is 0 Å². The Hall–Kier alpha value is -1.71. The number of esters is 1. The van der Waals surface area contributed by atoms with Crippen molar-refractivity contribution in [1.82, 2.24) is 4.98 Å². The first kappa shape index (κ1) is 9.83. The van der Waals surface area contributed by atoms with Gasteiger partial charge in [0.05, 0.1) is 12.7 Å². The number of carbonyl (C=O) groups is 2. The SMILES string of the molecule is COC(=O)c1ccnc(C(=O)C2CC2)c1. The number of aromatic nitrogens is 1. The largest absolute Gasteiger partial charge is 0.465 e. The van der Waals surface area contributed by atoms with Gasteiger partial charge in [0.15, 0.2) is 5.78 Å². The maximum Gasteiger partial charge on any atom is 0.337 e. The molecule has 1 aliphatic rings. The zero-order chi connectivity index (χ0) is 10.8. The molecule has 0 aliphatic heterocycles. The first-order valence-corrected chi connectivity index (χ1v) is 4.81. The Bertz CT molecular complexity index is 410. The Morgan fingerprint density at radius 2 is 2.20 bits per heavy atom. The second-order valence-electron chi connectivity index (χ2n) is 3.56. The van der Waals surface area contributed by atoms with Crippen molar-refractivity contribution in [3.05, 3.63) is 29.6 Å². The van der Waals surface area contributed by atoms with Gasteiger partial charge in [0.1, 0.15) is 5.69 Å². The summed E-state index contributed by atoms with van der Waals surface area (Å²) in [4.78, 5) is 26.8. The number of pyridine rings is 1. The Morgan fingerprint density at radius 1 is 1.47 bits per heavy atom. The first-order chi connectivity index (χ1) is 7.22. The van der Waals surface area contributed by atoms with Crippen LogP contribution in [0, 0.1) is 5.92 Å². The smallest absolute Gasteiger partial charge is 0.337 e. The lowest BCUT2D eigenvalue weighted by Crippen LogP contribution is -2.08. The van der Waals surface area contributed by atoms with E-state index in [1.165, 1.54) is 25.4 Å². The van der Waals surface area contributed by atoms with E-state index in [2.05, 4.69) is 9.72 Å². The Balaban J connectivity index is 2.25. The minimum Gasteiger partial charge on any atom is -0.465 e. The third-order valence-electron chi connectivity index (χ3n) is 2.38. The summed E-state index contributed by atoms with van der Waals surface area (Å²) in [7, 11) is 1.31. The molecule has 0 radical (unpaired) electrons. The van der Waals surface area contributed by atoms with Crippen molar-refractivity contribution in [3.8, 4) is 0 Å². The van der Waals surface area contributed by atoms with Crippen LogP contribution in [-0.2, 0) is 4.74 Å². The fraction of sp³-hybridized carbons (Fsp3) is 0.364. The van der Waals surface area contributed by atoms with E-state index in [0.717, 1.165) is 12.8 Å². The molecule has 78 valence electrons. The highest BCUT2D eigenvalue weighted by Crippen LogP contribution is 2.32. The third kappa shape index (κ3) is 2.03. The van der Waals surface area contributed by atoms with Crippen LogP contribution in [0.4, 0.5) is 0 Å². The molecule has 0 saturated heterocycles. The van der Waals surface area contributed by atoms with E-state index in [-0.39, 0.29) is 11.7 Å². The van der Waals surface area contributed by atoms with Crippen molar-refractivity contribution in [2.45, 2.75) is 12.8 Å². The zero-order valence-electron chi connectivity index (χ0n) is 8.40. The summed E-state index contributed by atoms with van der Waals surface area (Å²) >= 11 is 0. The molecule has 1 aromatic heterocycles. The molecule has 0 aromatic carbocycles. The minimum atomic E-state index is -0.442. The summed E-state index contributed by atoms with van der Waals surface area (Å²) < 4.78 is 4.57. The van der Waals surface area contributed by atoms with Gasteiger partial charge < -0.3 is 4.74 Å². The van der Waals surface area contributed by atoms with E-state index < -0.39 is 5.97 Å². The summed E-state index contributed by atoms with van der Waals surface area (Å²) in [6.07, 6.45) is 3.33. The van der Waals surface area contributed by atoms with Gasteiger partial charge in [0.2, 0.25) is 0 Å². The summed E-state index contributed by atoms with van der Waals surface area (Å²) in [5, 5.41) is 0. The van der Waals surface area contributed by atoms with Crippen LogP contribution in [0.25, 0.3) is 0 Å². The molecular formula is C11H11NO3. The number of ketones is 1. The number of ether oxygens (including phenoxy) is 1. The average Bonchev–Trinajstić information content (AvgIpc) is 3.11. The molecule has 1 aromatic rings. The lowest BCUT2D eigenvalue weighted by Gasteiger charge is -2.01. The molecular weight excluding hydrogens is 194 g/mol. The number of nitrogens with zero attached hydrogens (tertiary/aromatic N) is 1. The van der Waals surface area contributed by atoms with Gasteiger partial charge in [-0.1, -0.05) is 0 Å². The second-order valence-corrected chi connectivity index (χ2v) is 3.56. The van der Waals surface area contributed by atoms with Crippen LogP contribution in [0.3, 0.4) is 0 Å². The summed E-state index contributed by atoms with van der Waals surface area (Å²) in [5.41, 5.74) is 0.733. The summed E-state index contributed by atoms with van der Waals surface area (Å²) in [6.45, 7) is 0. The monoisotopic (exact) mass is 205 g/mol. The molecule has 0 N–H and O–H groups in total. The molecule has 0 bridgehead atoms. The van der Waals surface area contributed by atoms with Crippen LogP contribution in [0.2, 0.25) is 0 Å². The lowest BCUT2D eigenvalue weighted by molar-refractivity contribution is 0.0600. The predicted octanol–water partition coefficient (Wildman–Crippen LogP) is 1.46. The van der Waals surface area contributed by atoms with E-state index in [9.17, 15) is 9.59 Å². The van der Waals surface area contributed by atoms with Crippen LogP contribution in [0.1, 0.15) is 33.7 Å². The van der Waals surface area contributed by atoms with Crippen molar-refractivity contribution >= 4 is 11.8 Å². The number of hydrogen-bond acceptors (Lipinski definition) is 4. The quantitative estimate of drug-likeness (QED) is 0.553. The fourth-order valence-corrected chi connectivity index (χ4v) is 1.36. The molecule has 1 fully saturated rings. The Morgan fingerprint density at radius 3 is 2.80 bits per heavy atom. The van der Waals surface area contributed by atoms with Gasteiger partial charge in [-0.3, -0.25) is 9.78 Å². The van der Waals surface area contributed by atoms with E-state index in [0.29, 0.717) is 11.3 Å². The molecule has 0 atom stereocenters. The van der Waals surface area contributed by atoms with Gasteiger partial charge in [-0.05, 0) is 25.0 Å². The molecule has 15 heavy (non-hydrogen) atoms. The number of hydrogen-bond donors (Lipinski definition) is 0. The number of methoxy groups -OCH3 is 1. The van der Waals surface area contributed by atoms with Gasteiger partial charge in [-0.15, -0.1) is 0 Å². The Kier molecular flexibility index (Phi) is 2.49. The normalized spacial score (nSPS) is 14.7. The highest BCUT2D eigenvalue weighted by molar-refractivity contribution is 5.99. The topological polar surface area (TPSA) is 56.3 Å².